The fraction of sp³-hybridized carbons (Fsp3) is 0.304. The van der Waals surface area contributed by atoms with E-state index in [1.165, 1.54) is 11.6 Å². The van der Waals surface area contributed by atoms with E-state index < -0.39 is 0 Å². The molecule has 2 unspecified atom stereocenters. The van der Waals surface area contributed by atoms with Crippen molar-refractivity contribution in [2.45, 2.75) is 5.92 Å². The molecule has 2 amide bonds. The van der Waals surface area contributed by atoms with Gasteiger partial charge in [0.2, 0.25) is 5.91 Å². The number of methoxy groups -OCH3 is 1. The van der Waals surface area contributed by atoms with Crippen LogP contribution in [0.3, 0.4) is 0 Å². The van der Waals surface area contributed by atoms with Gasteiger partial charge in [0.15, 0.2) is 0 Å². The number of carbonyl (C=O) groups excluding carboxylic acids is 2. The lowest BCUT2D eigenvalue weighted by Gasteiger charge is -2.25. The summed E-state index contributed by atoms with van der Waals surface area (Å²) in [5.41, 5.74) is 1.81. The van der Waals surface area contributed by atoms with Gasteiger partial charge in [0.25, 0.3) is 5.91 Å². The Labute approximate surface area is 166 Å². The molecule has 0 radical (unpaired) electrons. The molecule has 28 heavy (non-hydrogen) atoms. The molecule has 1 aliphatic heterocycles. The Balaban J connectivity index is 1.75. The molecule has 1 fully saturated rings. The maximum atomic E-state index is 12.8. The summed E-state index contributed by atoms with van der Waals surface area (Å²) in [5.74, 6) is 0.975. The Bertz CT molecular complexity index is 833. The number of amides is 2. The van der Waals surface area contributed by atoms with Crippen LogP contribution in [0.25, 0.3) is 0 Å². The lowest BCUT2D eigenvalue weighted by molar-refractivity contribution is -0.125. The third kappa shape index (κ3) is 4.25. The predicted molar refractivity (Wildman–Crippen MR) is 109 cm³/mol. The normalized spacial score (nSPS) is 18.6. The highest BCUT2D eigenvalue weighted by Crippen LogP contribution is 2.33. The van der Waals surface area contributed by atoms with Crippen LogP contribution in [0, 0.1) is 5.92 Å². The molecular weight excluding hydrogens is 352 g/mol. The maximum Gasteiger partial charge on any atom is 0.253 e. The summed E-state index contributed by atoms with van der Waals surface area (Å²) in [6.45, 7) is 5.44. The van der Waals surface area contributed by atoms with E-state index >= 15 is 0 Å². The summed E-state index contributed by atoms with van der Waals surface area (Å²) < 4.78 is 5.15. The third-order valence-electron chi connectivity index (χ3n) is 5.35. The van der Waals surface area contributed by atoms with Crippen LogP contribution in [-0.2, 0) is 4.79 Å². The quantitative estimate of drug-likeness (QED) is 0.726. The summed E-state index contributed by atoms with van der Waals surface area (Å²) in [7, 11) is 3.41. The van der Waals surface area contributed by atoms with Gasteiger partial charge in [-0.15, -0.1) is 0 Å². The van der Waals surface area contributed by atoms with E-state index in [1.807, 2.05) is 30.1 Å². The molecular formula is C23H26N2O3. The second-order valence-electron chi connectivity index (χ2n) is 7.14. The number of carbonyl (C=O) groups is 2. The molecule has 1 saturated heterocycles. The minimum Gasteiger partial charge on any atom is -0.497 e. The van der Waals surface area contributed by atoms with Crippen molar-refractivity contribution in [1.29, 1.82) is 0 Å². The molecule has 0 aromatic heterocycles. The maximum absolute atomic E-state index is 12.8. The largest absolute Gasteiger partial charge is 0.497 e. The fourth-order valence-electron chi connectivity index (χ4n) is 3.83. The first-order valence-corrected chi connectivity index (χ1v) is 9.39. The van der Waals surface area contributed by atoms with E-state index in [1.54, 1.807) is 36.3 Å². The fourth-order valence-corrected chi connectivity index (χ4v) is 3.83. The molecule has 146 valence electrons. The molecule has 5 heteroatoms. The molecule has 0 bridgehead atoms. The van der Waals surface area contributed by atoms with Crippen molar-refractivity contribution >= 4 is 11.8 Å². The second-order valence-corrected chi connectivity index (χ2v) is 7.14. The van der Waals surface area contributed by atoms with Crippen LogP contribution in [0.4, 0.5) is 0 Å². The van der Waals surface area contributed by atoms with Crippen molar-refractivity contribution in [3.63, 3.8) is 0 Å². The molecule has 1 heterocycles. The summed E-state index contributed by atoms with van der Waals surface area (Å²) in [4.78, 5) is 28.5. The van der Waals surface area contributed by atoms with Gasteiger partial charge in [0.05, 0.1) is 7.11 Å². The number of rotatable bonds is 6. The highest BCUT2D eigenvalue weighted by Gasteiger charge is 2.36. The Morgan fingerprint density at radius 2 is 1.82 bits per heavy atom. The average molecular weight is 378 g/mol. The zero-order chi connectivity index (χ0) is 20.1. The van der Waals surface area contributed by atoms with Gasteiger partial charge in [-0.3, -0.25) is 9.59 Å². The third-order valence-corrected chi connectivity index (χ3v) is 5.35. The van der Waals surface area contributed by atoms with E-state index in [4.69, 9.17) is 4.74 Å². The van der Waals surface area contributed by atoms with Crippen LogP contribution in [0.5, 0.6) is 5.75 Å². The predicted octanol–water partition coefficient (Wildman–Crippen LogP) is 3.20. The van der Waals surface area contributed by atoms with E-state index in [0.29, 0.717) is 25.2 Å². The van der Waals surface area contributed by atoms with E-state index in [9.17, 15) is 9.59 Å². The van der Waals surface area contributed by atoms with Gasteiger partial charge in [-0.25, -0.2) is 0 Å². The van der Waals surface area contributed by atoms with Crippen molar-refractivity contribution in [2.24, 2.45) is 5.92 Å². The molecule has 3 rings (SSSR count). The SMILES string of the molecule is C=CC(=O)N1CC(CN(C)C(=O)c2ccc(OC)cc2)C(c2ccccc2)C1. The zero-order valence-corrected chi connectivity index (χ0v) is 16.4. The van der Waals surface area contributed by atoms with Gasteiger partial charge in [0, 0.05) is 44.1 Å². The van der Waals surface area contributed by atoms with E-state index in [-0.39, 0.29) is 23.7 Å². The second kappa shape index (κ2) is 8.74. The first-order chi connectivity index (χ1) is 13.5. The Hall–Kier alpha value is -3.08. The van der Waals surface area contributed by atoms with Crippen LogP contribution < -0.4 is 4.74 Å². The monoisotopic (exact) mass is 378 g/mol. The molecule has 2 atom stereocenters. The van der Waals surface area contributed by atoms with Gasteiger partial charge in [0.1, 0.15) is 5.75 Å². The number of hydrogen-bond donors (Lipinski definition) is 0. The van der Waals surface area contributed by atoms with Crippen LogP contribution in [0.2, 0.25) is 0 Å². The minimum atomic E-state index is -0.0624. The van der Waals surface area contributed by atoms with Crippen LogP contribution >= 0.6 is 0 Å². The number of likely N-dealkylation sites (tertiary alicyclic amines) is 1. The molecule has 5 nitrogen and oxygen atoms in total. The number of benzene rings is 2. The zero-order valence-electron chi connectivity index (χ0n) is 16.4. The molecule has 0 N–H and O–H groups in total. The summed E-state index contributed by atoms with van der Waals surface area (Å²) in [6.07, 6.45) is 1.36. The van der Waals surface area contributed by atoms with Crippen molar-refractivity contribution in [2.75, 3.05) is 33.8 Å². The highest BCUT2D eigenvalue weighted by molar-refractivity contribution is 5.94. The van der Waals surface area contributed by atoms with Crippen LogP contribution in [-0.4, -0.2) is 55.4 Å². The van der Waals surface area contributed by atoms with Gasteiger partial charge < -0.3 is 14.5 Å². The van der Waals surface area contributed by atoms with Crippen LogP contribution in [0.15, 0.2) is 67.3 Å². The molecule has 2 aromatic rings. The van der Waals surface area contributed by atoms with Gasteiger partial charge in [-0.1, -0.05) is 36.9 Å². The molecule has 0 spiro atoms. The molecule has 2 aromatic carbocycles. The summed E-state index contributed by atoms with van der Waals surface area (Å²) in [5, 5.41) is 0. The van der Waals surface area contributed by atoms with Gasteiger partial charge in [-0.05, 0) is 35.9 Å². The molecule has 1 aliphatic rings. The standard InChI is InChI=1S/C23H26N2O3/c1-4-22(26)25-15-19(21(16-25)17-8-6-5-7-9-17)14-24(2)23(27)18-10-12-20(28-3)13-11-18/h4-13,19,21H,1,14-16H2,2-3H3. The molecule has 0 aliphatic carbocycles. The minimum absolute atomic E-state index is 0.0389. The number of ether oxygens (including phenoxy) is 1. The van der Waals surface area contributed by atoms with Crippen molar-refractivity contribution < 1.29 is 14.3 Å². The number of hydrogen-bond acceptors (Lipinski definition) is 3. The van der Waals surface area contributed by atoms with Gasteiger partial charge in [-0.2, -0.15) is 0 Å². The van der Waals surface area contributed by atoms with Gasteiger partial charge >= 0.3 is 0 Å². The lowest BCUT2D eigenvalue weighted by atomic mass is 9.88. The Morgan fingerprint density at radius 1 is 1.14 bits per heavy atom. The van der Waals surface area contributed by atoms with Crippen molar-refractivity contribution in [3.8, 4) is 5.75 Å². The first-order valence-electron chi connectivity index (χ1n) is 9.39. The lowest BCUT2D eigenvalue weighted by Crippen LogP contribution is -2.35. The average Bonchev–Trinajstić information content (AvgIpc) is 3.17. The van der Waals surface area contributed by atoms with E-state index in [0.717, 1.165) is 5.75 Å². The molecule has 0 saturated carbocycles. The summed E-state index contributed by atoms with van der Waals surface area (Å²) in [6, 6.07) is 17.3. The van der Waals surface area contributed by atoms with Crippen molar-refractivity contribution in [1.82, 2.24) is 9.80 Å². The highest BCUT2D eigenvalue weighted by atomic mass is 16.5. The topological polar surface area (TPSA) is 49.9 Å². The van der Waals surface area contributed by atoms with Crippen molar-refractivity contribution in [3.05, 3.63) is 78.4 Å². The smallest absolute Gasteiger partial charge is 0.253 e. The number of nitrogens with zero attached hydrogens (tertiary/aromatic N) is 2. The first kappa shape index (κ1) is 19.7. The van der Waals surface area contributed by atoms with E-state index in [2.05, 4.69) is 18.7 Å². The summed E-state index contributed by atoms with van der Waals surface area (Å²) >= 11 is 0. The Morgan fingerprint density at radius 3 is 2.43 bits per heavy atom. The Kier molecular flexibility index (Phi) is 6.14. The van der Waals surface area contributed by atoms with Crippen LogP contribution in [0.1, 0.15) is 21.8 Å².